The number of carbonyl (C=O) groups is 1. The second-order valence-corrected chi connectivity index (χ2v) is 2.52. The molecule has 0 atom stereocenters. The Balaban J connectivity index is 3.07. The van der Waals surface area contributed by atoms with Crippen LogP contribution in [0.4, 0.5) is 4.39 Å². The Morgan fingerprint density at radius 2 is 2.36 bits per heavy atom. The van der Waals surface area contributed by atoms with Crippen LogP contribution >= 0.6 is 0 Å². The number of carboxylic acid groups (broad SMARTS) is 1. The average molecular weight is 196 g/mol. The van der Waals surface area contributed by atoms with Crippen molar-refractivity contribution in [1.29, 1.82) is 0 Å². The fourth-order valence-electron chi connectivity index (χ4n) is 0.981. The van der Waals surface area contributed by atoms with Crippen molar-refractivity contribution in [3.05, 3.63) is 42.2 Å². The second-order valence-electron chi connectivity index (χ2n) is 2.52. The molecule has 14 heavy (non-hydrogen) atoms. The van der Waals surface area contributed by atoms with Crippen LogP contribution in [0.1, 0.15) is 10.4 Å². The van der Waals surface area contributed by atoms with Crippen LogP contribution in [0.2, 0.25) is 0 Å². The summed E-state index contributed by atoms with van der Waals surface area (Å²) in [4.78, 5) is 10.7. The van der Waals surface area contributed by atoms with Gasteiger partial charge >= 0.3 is 5.97 Å². The van der Waals surface area contributed by atoms with Crippen LogP contribution in [-0.4, -0.2) is 17.7 Å². The molecule has 4 heteroatoms. The standard InChI is InChI=1S/C10H9FO3/c1-2-6-14-8-5-3-4-7(11)9(8)10(12)13/h2-5H,1,6H2,(H,12,13). The van der Waals surface area contributed by atoms with Gasteiger partial charge in [0, 0.05) is 0 Å². The molecule has 0 aliphatic rings. The molecule has 1 aromatic carbocycles. The fraction of sp³-hybridized carbons (Fsp3) is 0.100. The predicted octanol–water partition coefficient (Wildman–Crippen LogP) is 2.09. The number of hydrogen-bond acceptors (Lipinski definition) is 2. The number of benzene rings is 1. The van der Waals surface area contributed by atoms with E-state index in [2.05, 4.69) is 6.58 Å². The number of halogens is 1. The highest BCUT2D eigenvalue weighted by atomic mass is 19.1. The average Bonchev–Trinajstić information content (AvgIpc) is 2.14. The zero-order valence-electron chi connectivity index (χ0n) is 7.37. The van der Waals surface area contributed by atoms with Crippen LogP contribution in [0, 0.1) is 5.82 Å². The number of carboxylic acids is 1. The molecule has 0 radical (unpaired) electrons. The van der Waals surface area contributed by atoms with Gasteiger partial charge in [0.15, 0.2) is 0 Å². The Bertz CT molecular complexity index is 360. The summed E-state index contributed by atoms with van der Waals surface area (Å²) in [7, 11) is 0. The van der Waals surface area contributed by atoms with Gasteiger partial charge in [-0.05, 0) is 12.1 Å². The third-order valence-electron chi connectivity index (χ3n) is 1.55. The normalized spacial score (nSPS) is 9.50. The largest absolute Gasteiger partial charge is 0.489 e. The van der Waals surface area contributed by atoms with Gasteiger partial charge < -0.3 is 9.84 Å². The first-order valence-corrected chi connectivity index (χ1v) is 3.92. The zero-order valence-corrected chi connectivity index (χ0v) is 7.37. The van der Waals surface area contributed by atoms with Crippen molar-refractivity contribution < 1.29 is 19.0 Å². The minimum absolute atomic E-state index is 0.0115. The molecule has 0 fully saturated rings. The summed E-state index contributed by atoms with van der Waals surface area (Å²) in [5.74, 6) is -2.14. The van der Waals surface area contributed by atoms with E-state index in [0.717, 1.165) is 6.07 Å². The Labute approximate surface area is 80.4 Å². The van der Waals surface area contributed by atoms with E-state index in [4.69, 9.17) is 9.84 Å². The summed E-state index contributed by atoms with van der Waals surface area (Å²) in [6.07, 6.45) is 1.45. The summed E-state index contributed by atoms with van der Waals surface area (Å²) in [5, 5.41) is 8.70. The molecule has 0 aromatic heterocycles. The quantitative estimate of drug-likeness (QED) is 0.750. The lowest BCUT2D eigenvalue weighted by Gasteiger charge is -2.06. The molecule has 1 N–H and O–H groups in total. The maximum Gasteiger partial charge on any atom is 0.342 e. The molecule has 0 saturated carbocycles. The van der Waals surface area contributed by atoms with Gasteiger partial charge in [0.1, 0.15) is 23.7 Å². The molecule has 0 heterocycles. The molecule has 0 spiro atoms. The van der Waals surface area contributed by atoms with Crippen molar-refractivity contribution in [2.75, 3.05) is 6.61 Å². The number of aromatic carboxylic acids is 1. The van der Waals surface area contributed by atoms with Crippen molar-refractivity contribution in [3.63, 3.8) is 0 Å². The molecular formula is C10H9FO3. The van der Waals surface area contributed by atoms with Crippen LogP contribution in [0.3, 0.4) is 0 Å². The van der Waals surface area contributed by atoms with Gasteiger partial charge in [-0.15, -0.1) is 0 Å². The van der Waals surface area contributed by atoms with Crippen LogP contribution in [0.5, 0.6) is 5.75 Å². The van der Waals surface area contributed by atoms with E-state index in [1.54, 1.807) is 0 Å². The van der Waals surface area contributed by atoms with Gasteiger partial charge in [-0.25, -0.2) is 9.18 Å². The highest BCUT2D eigenvalue weighted by molar-refractivity contribution is 5.91. The molecule has 0 bridgehead atoms. The molecule has 0 unspecified atom stereocenters. The third kappa shape index (κ3) is 2.10. The van der Waals surface area contributed by atoms with E-state index >= 15 is 0 Å². The molecule has 0 aliphatic carbocycles. The lowest BCUT2D eigenvalue weighted by molar-refractivity contribution is 0.0687. The summed E-state index contributed by atoms with van der Waals surface area (Å²) in [6.45, 7) is 3.55. The highest BCUT2D eigenvalue weighted by Gasteiger charge is 2.16. The maximum absolute atomic E-state index is 13.0. The van der Waals surface area contributed by atoms with Crippen LogP contribution in [0.15, 0.2) is 30.9 Å². The second kappa shape index (κ2) is 4.41. The van der Waals surface area contributed by atoms with Crippen molar-refractivity contribution in [1.82, 2.24) is 0 Å². The molecule has 74 valence electrons. The Hall–Kier alpha value is -1.84. The lowest BCUT2D eigenvalue weighted by Crippen LogP contribution is -2.05. The topological polar surface area (TPSA) is 46.5 Å². The van der Waals surface area contributed by atoms with Crippen LogP contribution in [-0.2, 0) is 0 Å². The minimum atomic E-state index is -1.35. The zero-order chi connectivity index (χ0) is 10.6. The van der Waals surface area contributed by atoms with Gasteiger partial charge in [0.05, 0.1) is 0 Å². The summed E-state index contributed by atoms with van der Waals surface area (Å²) in [5.41, 5.74) is -0.450. The summed E-state index contributed by atoms with van der Waals surface area (Å²) < 4.78 is 18.0. The Morgan fingerprint density at radius 3 is 2.93 bits per heavy atom. The first kappa shape index (κ1) is 10.2. The van der Waals surface area contributed by atoms with E-state index in [1.807, 2.05) is 0 Å². The van der Waals surface area contributed by atoms with Crippen LogP contribution in [0.25, 0.3) is 0 Å². The van der Waals surface area contributed by atoms with Crippen molar-refractivity contribution in [3.8, 4) is 5.75 Å². The third-order valence-corrected chi connectivity index (χ3v) is 1.55. The van der Waals surface area contributed by atoms with Crippen LogP contribution < -0.4 is 4.74 Å². The van der Waals surface area contributed by atoms with E-state index in [0.29, 0.717) is 0 Å². The molecule has 3 nitrogen and oxygen atoms in total. The SMILES string of the molecule is C=CCOc1cccc(F)c1C(=O)O. The van der Waals surface area contributed by atoms with Gasteiger partial charge in [-0.1, -0.05) is 18.7 Å². The van der Waals surface area contributed by atoms with Gasteiger partial charge in [-0.2, -0.15) is 0 Å². The van der Waals surface area contributed by atoms with Gasteiger partial charge in [0.25, 0.3) is 0 Å². The number of ether oxygens (including phenoxy) is 1. The monoisotopic (exact) mass is 196 g/mol. The first-order chi connectivity index (χ1) is 6.66. The number of rotatable bonds is 4. The van der Waals surface area contributed by atoms with E-state index in [-0.39, 0.29) is 12.4 Å². The molecule has 0 saturated heterocycles. The van der Waals surface area contributed by atoms with E-state index in [1.165, 1.54) is 18.2 Å². The molecule has 0 amide bonds. The Kier molecular flexibility index (Phi) is 3.23. The smallest absolute Gasteiger partial charge is 0.342 e. The highest BCUT2D eigenvalue weighted by Crippen LogP contribution is 2.21. The van der Waals surface area contributed by atoms with Gasteiger partial charge in [0.2, 0.25) is 0 Å². The summed E-state index contributed by atoms with van der Waals surface area (Å²) >= 11 is 0. The Morgan fingerprint density at radius 1 is 1.64 bits per heavy atom. The lowest BCUT2D eigenvalue weighted by atomic mass is 10.2. The van der Waals surface area contributed by atoms with E-state index < -0.39 is 17.3 Å². The van der Waals surface area contributed by atoms with Crippen molar-refractivity contribution >= 4 is 5.97 Å². The molecule has 1 rings (SSSR count). The minimum Gasteiger partial charge on any atom is -0.489 e. The van der Waals surface area contributed by atoms with E-state index in [9.17, 15) is 9.18 Å². The molecular weight excluding hydrogens is 187 g/mol. The molecule has 1 aromatic rings. The fourth-order valence-corrected chi connectivity index (χ4v) is 0.981. The summed E-state index contributed by atoms with van der Waals surface area (Å²) in [6, 6.07) is 3.86. The maximum atomic E-state index is 13.0. The van der Waals surface area contributed by atoms with Gasteiger partial charge in [-0.3, -0.25) is 0 Å². The van der Waals surface area contributed by atoms with Crippen molar-refractivity contribution in [2.45, 2.75) is 0 Å². The number of hydrogen-bond donors (Lipinski definition) is 1. The molecule has 0 aliphatic heterocycles. The first-order valence-electron chi connectivity index (χ1n) is 3.92. The van der Waals surface area contributed by atoms with Crippen molar-refractivity contribution in [2.24, 2.45) is 0 Å². The predicted molar refractivity (Wildman–Crippen MR) is 49.1 cm³/mol.